The number of carbonyl (C=O) groups excluding carboxylic acids is 2. The average Bonchev–Trinajstić information content (AvgIpc) is 2.34. The normalized spacial score (nSPS) is 9.82. The molecule has 0 aromatic carbocycles. The molecule has 0 radical (unpaired) electrons. The van der Waals surface area contributed by atoms with Gasteiger partial charge in [-0.05, 0) is 12.1 Å². The molecule has 1 heterocycles. The fraction of sp³-hybridized carbons (Fsp3) is 0.364. The van der Waals surface area contributed by atoms with Crippen LogP contribution in [0.5, 0.6) is 0 Å². The summed E-state index contributed by atoms with van der Waals surface area (Å²) in [4.78, 5) is 28.1. The van der Waals surface area contributed by atoms with Crippen molar-refractivity contribution in [1.82, 2.24) is 9.88 Å². The summed E-state index contributed by atoms with van der Waals surface area (Å²) >= 11 is 5.76. The first-order valence-corrected chi connectivity index (χ1v) is 5.36. The van der Waals surface area contributed by atoms with Gasteiger partial charge in [-0.3, -0.25) is 14.6 Å². The van der Waals surface area contributed by atoms with Crippen LogP contribution in [0.4, 0.5) is 0 Å². The third-order valence-electron chi connectivity index (χ3n) is 2.17. The number of hydrogen-bond donors (Lipinski definition) is 0. The Bertz CT molecular complexity index is 423. The lowest BCUT2D eigenvalue weighted by atomic mass is 10.3. The van der Waals surface area contributed by atoms with Crippen molar-refractivity contribution in [3.63, 3.8) is 0 Å². The van der Waals surface area contributed by atoms with E-state index in [2.05, 4.69) is 9.72 Å². The molecule has 0 bridgehead atoms. The van der Waals surface area contributed by atoms with Gasteiger partial charge in [-0.15, -0.1) is 0 Å². The first-order chi connectivity index (χ1) is 8.04. The van der Waals surface area contributed by atoms with Crippen LogP contribution < -0.4 is 0 Å². The topological polar surface area (TPSA) is 59.5 Å². The van der Waals surface area contributed by atoms with Crippen molar-refractivity contribution in [2.45, 2.75) is 6.42 Å². The number of methoxy groups -OCH3 is 1. The summed E-state index contributed by atoms with van der Waals surface area (Å²) in [7, 11) is 2.90. The fourth-order valence-corrected chi connectivity index (χ4v) is 1.34. The first-order valence-electron chi connectivity index (χ1n) is 4.98. The van der Waals surface area contributed by atoms with Crippen molar-refractivity contribution in [2.24, 2.45) is 0 Å². The molecule has 0 fully saturated rings. The minimum absolute atomic E-state index is 0.152. The van der Waals surface area contributed by atoms with Crippen molar-refractivity contribution in [3.8, 4) is 0 Å². The standard InChI is InChI=1S/C11H13ClN2O3/c1-14(6-4-10(15)17-2)11(16)9-7-8(12)3-5-13-9/h3,5,7H,4,6H2,1-2H3. The second kappa shape index (κ2) is 6.20. The Morgan fingerprint density at radius 2 is 2.24 bits per heavy atom. The molecule has 1 rings (SSSR count). The second-order valence-corrected chi connectivity index (χ2v) is 3.85. The van der Waals surface area contributed by atoms with Gasteiger partial charge in [0.05, 0.1) is 13.5 Å². The first kappa shape index (κ1) is 13.4. The van der Waals surface area contributed by atoms with Crippen LogP contribution in [-0.2, 0) is 9.53 Å². The molecule has 1 aromatic heterocycles. The molecule has 0 aliphatic carbocycles. The van der Waals surface area contributed by atoms with E-state index in [0.717, 1.165) is 0 Å². The molecule has 0 saturated carbocycles. The maximum absolute atomic E-state index is 11.9. The molecule has 1 amide bonds. The molecular formula is C11H13ClN2O3. The highest BCUT2D eigenvalue weighted by Gasteiger charge is 2.14. The summed E-state index contributed by atoms with van der Waals surface area (Å²) in [5, 5.41) is 0.449. The molecule has 0 spiro atoms. The summed E-state index contributed by atoms with van der Waals surface area (Å²) in [5.41, 5.74) is 0.255. The van der Waals surface area contributed by atoms with E-state index in [1.165, 1.54) is 24.3 Å². The van der Waals surface area contributed by atoms with Crippen molar-refractivity contribution in [2.75, 3.05) is 20.7 Å². The van der Waals surface area contributed by atoms with Gasteiger partial charge in [-0.25, -0.2) is 0 Å². The summed E-state index contributed by atoms with van der Waals surface area (Å²) in [6, 6.07) is 3.07. The van der Waals surface area contributed by atoms with E-state index in [1.54, 1.807) is 13.1 Å². The molecule has 6 heteroatoms. The van der Waals surface area contributed by atoms with E-state index in [1.807, 2.05) is 0 Å². The SMILES string of the molecule is COC(=O)CCN(C)C(=O)c1cc(Cl)ccn1. The van der Waals surface area contributed by atoms with Gasteiger partial charge < -0.3 is 9.64 Å². The van der Waals surface area contributed by atoms with E-state index >= 15 is 0 Å². The van der Waals surface area contributed by atoms with Gasteiger partial charge in [-0.2, -0.15) is 0 Å². The Morgan fingerprint density at radius 3 is 2.82 bits per heavy atom. The monoisotopic (exact) mass is 256 g/mol. The number of aromatic nitrogens is 1. The zero-order valence-electron chi connectivity index (χ0n) is 9.64. The molecule has 0 aliphatic heterocycles. The van der Waals surface area contributed by atoms with E-state index in [9.17, 15) is 9.59 Å². The van der Waals surface area contributed by atoms with Crippen LogP contribution in [0.15, 0.2) is 18.3 Å². The van der Waals surface area contributed by atoms with Crippen molar-refractivity contribution < 1.29 is 14.3 Å². The van der Waals surface area contributed by atoms with Gasteiger partial charge in [0, 0.05) is 24.8 Å². The number of amides is 1. The Kier molecular flexibility index (Phi) is 4.90. The largest absolute Gasteiger partial charge is 0.469 e. The number of esters is 1. The predicted molar refractivity (Wildman–Crippen MR) is 62.8 cm³/mol. The van der Waals surface area contributed by atoms with Crippen molar-refractivity contribution >= 4 is 23.5 Å². The van der Waals surface area contributed by atoms with Crippen LogP contribution in [-0.4, -0.2) is 42.5 Å². The highest BCUT2D eigenvalue weighted by atomic mass is 35.5. The molecule has 0 atom stereocenters. The summed E-state index contributed by atoms with van der Waals surface area (Å²) in [5.74, 6) is -0.639. The van der Waals surface area contributed by atoms with Gasteiger partial charge in [0.2, 0.25) is 0 Å². The summed E-state index contributed by atoms with van der Waals surface area (Å²) in [6.45, 7) is 0.277. The Labute approximate surface area is 104 Å². The highest BCUT2D eigenvalue weighted by Crippen LogP contribution is 2.09. The minimum Gasteiger partial charge on any atom is -0.469 e. The predicted octanol–water partition coefficient (Wildman–Crippen LogP) is 1.37. The number of halogens is 1. The van der Waals surface area contributed by atoms with Gasteiger partial charge in [0.1, 0.15) is 5.69 Å². The maximum atomic E-state index is 11.9. The van der Waals surface area contributed by atoms with Crippen LogP contribution in [0.25, 0.3) is 0 Å². The number of pyridine rings is 1. The summed E-state index contributed by atoms with van der Waals surface area (Å²) < 4.78 is 4.49. The molecule has 5 nitrogen and oxygen atoms in total. The molecule has 0 unspecified atom stereocenters. The number of rotatable bonds is 4. The zero-order chi connectivity index (χ0) is 12.8. The van der Waals surface area contributed by atoms with Gasteiger partial charge >= 0.3 is 5.97 Å². The Balaban J connectivity index is 2.61. The Hall–Kier alpha value is -1.62. The van der Waals surface area contributed by atoms with Crippen LogP contribution in [0.2, 0.25) is 5.02 Å². The minimum atomic E-state index is -0.358. The fourth-order valence-electron chi connectivity index (χ4n) is 1.18. The van der Waals surface area contributed by atoms with E-state index in [4.69, 9.17) is 11.6 Å². The van der Waals surface area contributed by atoms with Gasteiger partial charge in [0.25, 0.3) is 5.91 Å². The summed E-state index contributed by atoms with van der Waals surface area (Å²) in [6.07, 6.45) is 1.61. The molecular weight excluding hydrogens is 244 g/mol. The van der Waals surface area contributed by atoms with Crippen LogP contribution >= 0.6 is 11.6 Å². The molecule has 1 aromatic rings. The van der Waals surface area contributed by atoms with Crippen molar-refractivity contribution in [3.05, 3.63) is 29.0 Å². The highest BCUT2D eigenvalue weighted by molar-refractivity contribution is 6.30. The smallest absolute Gasteiger partial charge is 0.307 e. The molecule has 0 N–H and O–H groups in total. The van der Waals surface area contributed by atoms with E-state index in [-0.39, 0.29) is 30.5 Å². The van der Waals surface area contributed by atoms with Gasteiger partial charge in [-0.1, -0.05) is 11.6 Å². The van der Waals surface area contributed by atoms with Gasteiger partial charge in [0.15, 0.2) is 0 Å². The number of carbonyl (C=O) groups is 2. The zero-order valence-corrected chi connectivity index (χ0v) is 10.4. The van der Waals surface area contributed by atoms with Crippen LogP contribution in [0.3, 0.4) is 0 Å². The number of hydrogen-bond acceptors (Lipinski definition) is 4. The average molecular weight is 257 g/mol. The van der Waals surface area contributed by atoms with Crippen LogP contribution in [0.1, 0.15) is 16.9 Å². The molecule has 17 heavy (non-hydrogen) atoms. The quantitative estimate of drug-likeness (QED) is 0.764. The third kappa shape index (κ3) is 4.03. The molecule has 0 aliphatic rings. The Morgan fingerprint density at radius 1 is 1.53 bits per heavy atom. The lowest BCUT2D eigenvalue weighted by molar-refractivity contribution is -0.140. The number of nitrogens with zero attached hydrogens (tertiary/aromatic N) is 2. The van der Waals surface area contributed by atoms with Crippen molar-refractivity contribution in [1.29, 1.82) is 0 Å². The maximum Gasteiger partial charge on any atom is 0.307 e. The van der Waals surface area contributed by atoms with E-state index in [0.29, 0.717) is 5.02 Å². The van der Waals surface area contributed by atoms with Crippen LogP contribution in [0, 0.1) is 0 Å². The lowest BCUT2D eigenvalue weighted by Gasteiger charge is -2.15. The molecule has 0 saturated heterocycles. The van der Waals surface area contributed by atoms with E-state index < -0.39 is 0 Å². The third-order valence-corrected chi connectivity index (χ3v) is 2.40. The molecule has 92 valence electrons. The second-order valence-electron chi connectivity index (χ2n) is 3.41. The number of ether oxygens (including phenoxy) is 1. The lowest BCUT2D eigenvalue weighted by Crippen LogP contribution is -2.29.